The Labute approximate surface area is 74.0 Å². The van der Waals surface area contributed by atoms with Crippen LogP contribution in [0, 0.1) is 0 Å². The van der Waals surface area contributed by atoms with Crippen LogP contribution >= 0.6 is 0 Å². The van der Waals surface area contributed by atoms with E-state index in [2.05, 4.69) is 5.32 Å². The zero-order valence-electron chi connectivity index (χ0n) is 7.41. The van der Waals surface area contributed by atoms with Crippen molar-refractivity contribution in [1.29, 1.82) is 0 Å². The second kappa shape index (κ2) is 4.20. The van der Waals surface area contributed by atoms with Crippen LogP contribution in [0.1, 0.15) is 13.3 Å². The van der Waals surface area contributed by atoms with Crippen LogP contribution in [-0.4, -0.2) is 44.7 Å². The zero-order chi connectivity index (χ0) is 9.03. The first-order valence-corrected chi connectivity index (χ1v) is 5.96. The van der Waals surface area contributed by atoms with E-state index in [1.165, 1.54) is 0 Å². The molecule has 0 bridgehead atoms. The number of nitrogens with zero attached hydrogens (tertiary/aromatic N) is 1. The van der Waals surface area contributed by atoms with Crippen molar-refractivity contribution in [2.24, 2.45) is 0 Å². The minimum Gasteiger partial charge on any atom is -0.314 e. The molecule has 1 N–H and O–H groups in total. The molecule has 1 saturated heterocycles. The molecule has 0 aliphatic carbocycles. The summed E-state index contributed by atoms with van der Waals surface area (Å²) >= 11 is 0. The first-order chi connectivity index (χ1) is 5.67. The lowest BCUT2D eigenvalue weighted by Gasteiger charge is -2.26. The Kier molecular flexibility index (Phi) is 3.49. The van der Waals surface area contributed by atoms with Crippen LogP contribution in [0.25, 0.3) is 0 Å². The van der Waals surface area contributed by atoms with Gasteiger partial charge in [-0.05, 0) is 6.42 Å². The SMILES string of the molecule is CCCS(=O)(=O)N1CCNCC1. The Morgan fingerprint density at radius 1 is 1.33 bits per heavy atom. The van der Waals surface area contributed by atoms with E-state index in [1.54, 1.807) is 4.31 Å². The van der Waals surface area contributed by atoms with Crippen molar-refractivity contribution < 1.29 is 8.42 Å². The average molecular weight is 192 g/mol. The average Bonchev–Trinajstić information content (AvgIpc) is 2.06. The fourth-order valence-electron chi connectivity index (χ4n) is 1.31. The molecule has 0 spiro atoms. The summed E-state index contributed by atoms with van der Waals surface area (Å²) in [7, 11) is -2.94. The van der Waals surface area contributed by atoms with E-state index in [1.807, 2.05) is 6.92 Å². The highest BCUT2D eigenvalue weighted by Crippen LogP contribution is 2.03. The summed E-state index contributed by atoms with van der Waals surface area (Å²) in [6.45, 7) is 4.70. The second-order valence-electron chi connectivity index (χ2n) is 2.97. The van der Waals surface area contributed by atoms with E-state index in [-0.39, 0.29) is 5.75 Å². The molecule has 0 aromatic carbocycles. The van der Waals surface area contributed by atoms with Gasteiger partial charge in [0.15, 0.2) is 0 Å². The predicted molar refractivity (Wildman–Crippen MR) is 48.5 cm³/mol. The van der Waals surface area contributed by atoms with E-state index in [4.69, 9.17) is 0 Å². The summed E-state index contributed by atoms with van der Waals surface area (Å²) in [4.78, 5) is 0. The third kappa shape index (κ3) is 2.43. The third-order valence-corrected chi connectivity index (χ3v) is 4.01. The van der Waals surface area contributed by atoms with Crippen LogP contribution in [0.4, 0.5) is 0 Å². The molecule has 1 heterocycles. The van der Waals surface area contributed by atoms with Gasteiger partial charge in [0.25, 0.3) is 0 Å². The molecule has 0 saturated carbocycles. The molecule has 1 aliphatic rings. The molecule has 0 aromatic heterocycles. The maximum atomic E-state index is 11.5. The minimum absolute atomic E-state index is 0.285. The van der Waals surface area contributed by atoms with Gasteiger partial charge < -0.3 is 5.32 Å². The van der Waals surface area contributed by atoms with Gasteiger partial charge in [0, 0.05) is 26.2 Å². The highest BCUT2D eigenvalue weighted by molar-refractivity contribution is 7.89. The fraction of sp³-hybridized carbons (Fsp3) is 1.00. The molecule has 0 atom stereocenters. The number of rotatable bonds is 3. The van der Waals surface area contributed by atoms with E-state index < -0.39 is 10.0 Å². The number of piperazine rings is 1. The molecular formula is C7H16N2O2S. The summed E-state index contributed by atoms with van der Waals surface area (Å²) in [5.74, 6) is 0.285. The molecule has 12 heavy (non-hydrogen) atoms. The van der Waals surface area contributed by atoms with Crippen LogP contribution in [-0.2, 0) is 10.0 Å². The summed E-state index contributed by atoms with van der Waals surface area (Å²) < 4.78 is 24.5. The number of sulfonamides is 1. The standard InChI is InChI=1S/C7H16N2O2S/c1-2-7-12(10,11)9-5-3-8-4-6-9/h8H,2-7H2,1H3. The van der Waals surface area contributed by atoms with Crippen molar-refractivity contribution in [3.63, 3.8) is 0 Å². The molecule has 5 heteroatoms. The van der Waals surface area contributed by atoms with E-state index >= 15 is 0 Å². The van der Waals surface area contributed by atoms with Crippen molar-refractivity contribution in [2.45, 2.75) is 13.3 Å². The number of nitrogens with one attached hydrogen (secondary N) is 1. The van der Waals surface area contributed by atoms with E-state index in [0.717, 1.165) is 13.1 Å². The zero-order valence-corrected chi connectivity index (χ0v) is 8.23. The van der Waals surface area contributed by atoms with Crippen LogP contribution < -0.4 is 5.32 Å². The lowest BCUT2D eigenvalue weighted by atomic mass is 10.4. The Morgan fingerprint density at radius 3 is 2.42 bits per heavy atom. The summed E-state index contributed by atoms with van der Waals surface area (Å²) in [5, 5.41) is 3.12. The Balaban J connectivity index is 2.54. The number of hydrogen-bond acceptors (Lipinski definition) is 3. The minimum atomic E-state index is -2.94. The lowest BCUT2D eigenvalue weighted by Crippen LogP contribution is -2.47. The molecule has 1 rings (SSSR count). The van der Waals surface area contributed by atoms with Crippen molar-refractivity contribution in [2.75, 3.05) is 31.9 Å². The summed E-state index contributed by atoms with van der Waals surface area (Å²) in [5.41, 5.74) is 0. The topological polar surface area (TPSA) is 49.4 Å². The molecule has 0 aromatic rings. The molecule has 0 unspecified atom stereocenters. The van der Waals surface area contributed by atoms with Crippen LogP contribution in [0.3, 0.4) is 0 Å². The van der Waals surface area contributed by atoms with Gasteiger partial charge in [-0.2, -0.15) is 4.31 Å². The molecule has 1 fully saturated rings. The van der Waals surface area contributed by atoms with Gasteiger partial charge in [-0.25, -0.2) is 8.42 Å². The van der Waals surface area contributed by atoms with Gasteiger partial charge >= 0.3 is 0 Å². The smallest absolute Gasteiger partial charge is 0.214 e. The lowest BCUT2D eigenvalue weighted by molar-refractivity contribution is 0.360. The van der Waals surface area contributed by atoms with Gasteiger partial charge in [0.05, 0.1) is 5.75 Å². The maximum absolute atomic E-state index is 11.5. The largest absolute Gasteiger partial charge is 0.314 e. The monoisotopic (exact) mass is 192 g/mol. The predicted octanol–water partition coefficient (Wildman–Crippen LogP) is -0.369. The van der Waals surface area contributed by atoms with Crippen molar-refractivity contribution in [3.8, 4) is 0 Å². The molecular weight excluding hydrogens is 176 g/mol. The third-order valence-electron chi connectivity index (χ3n) is 1.93. The van der Waals surface area contributed by atoms with Gasteiger partial charge in [-0.3, -0.25) is 0 Å². The Bertz CT molecular complexity index is 220. The molecule has 72 valence electrons. The van der Waals surface area contributed by atoms with Crippen LogP contribution in [0.15, 0.2) is 0 Å². The molecule has 0 amide bonds. The normalized spacial score (nSPS) is 21.1. The highest BCUT2D eigenvalue weighted by Gasteiger charge is 2.21. The maximum Gasteiger partial charge on any atom is 0.214 e. The van der Waals surface area contributed by atoms with Gasteiger partial charge in [-0.15, -0.1) is 0 Å². The van der Waals surface area contributed by atoms with Crippen molar-refractivity contribution >= 4 is 10.0 Å². The van der Waals surface area contributed by atoms with E-state index in [9.17, 15) is 8.42 Å². The van der Waals surface area contributed by atoms with Crippen molar-refractivity contribution in [1.82, 2.24) is 9.62 Å². The molecule has 1 aliphatic heterocycles. The first-order valence-electron chi connectivity index (χ1n) is 4.35. The molecule has 0 radical (unpaired) electrons. The quantitative estimate of drug-likeness (QED) is 0.664. The number of hydrogen-bond donors (Lipinski definition) is 1. The van der Waals surface area contributed by atoms with Crippen molar-refractivity contribution in [3.05, 3.63) is 0 Å². The highest BCUT2D eigenvalue weighted by atomic mass is 32.2. The Morgan fingerprint density at radius 2 is 1.92 bits per heavy atom. The first kappa shape index (κ1) is 9.95. The summed E-state index contributed by atoms with van der Waals surface area (Å²) in [6, 6.07) is 0. The fourth-order valence-corrected chi connectivity index (χ4v) is 2.82. The van der Waals surface area contributed by atoms with Gasteiger partial charge in [-0.1, -0.05) is 6.92 Å². The summed E-state index contributed by atoms with van der Waals surface area (Å²) in [6.07, 6.45) is 0.701. The van der Waals surface area contributed by atoms with Gasteiger partial charge in [0.2, 0.25) is 10.0 Å². The van der Waals surface area contributed by atoms with Crippen LogP contribution in [0.2, 0.25) is 0 Å². The van der Waals surface area contributed by atoms with Crippen LogP contribution in [0.5, 0.6) is 0 Å². The molecule has 4 nitrogen and oxygen atoms in total. The second-order valence-corrected chi connectivity index (χ2v) is 5.05. The van der Waals surface area contributed by atoms with Gasteiger partial charge in [0.1, 0.15) is 0 Å². The Hall–Kier alpha value is -0.130. The van der Waals surface area contributed by atoms with E-state index in [0.29, 0.717) is 19.5 Å².